The predicted molar refractivity (Wildman–Crippen MR) is 113 cm³/mol. The molecule has 6 nitrogen and oxygen atoms in total. The highest BCUT2D eigenvalue weighted by Gasteiger charge is 2.42. The van der Waals surface area contributed by atoms with E-state index >= 15 is 0 Å². The van der Waals surface area contributed by atoms with Crippen LogP contribution in [0.4, 0.5) is 0 Å². The molecule has 0 spiro atoms. The highest BCUT2D eigenvalue weighted by Crippen LogP contribution is 2.32. The van der Waals surface area contributed by atoms with Gasteiger partial charge in [0.2, 0.25) is 0 Å². The quantitative estimate of drug-likeness (QED) is 0.721. The van der Waals surface area contributed by atoms with Crippen LogP contribution < -0.4 is 15.4 Å². The summed E-state index contributed by atoms with van der Waals surface area (Å²) in [5.74, 6) is 0.0961. The second-order valence-electron chi connectivity index (χ2n) is 7.64. The molecule has 2 aromatic rings. The molecule has 2 N–H and O–H groups in total. The third kappa shape index (κ3) is 5.40. The van der Waals surface area contributed by atoms with Gasteiger partial charge in [-0.1, -0.05) is 23.2 Å². The molecule has 0 atom stereocenters. The molecule has 1 heterocycles. The Balaban J connectivity index is 1.45. The van der Waals surface area contributed by atoms with Gasteiger partial charge in [-0.2, -0.15) is 0 Å². The molecule has 1 aliphatic rings. The third-order valence-electron chi connectivity index (χ3n) is 4.90. The molecule has 1 saturated carbocycles. The highest BCUT2D eigenvalue weighted by atomic mass is 35.5. The van der Waals surface area contributed by atoms with E-state index in [0.717, 1.165) is 5.69 Å². The van der Waals surface area contributed by atoms with Gasteiger partial charge in [0.05, 0.1) is 21.3 Å². The van der Waals surface area contributed by atoms with Crippen LogP contribution in [0, 0.1) is 13.8 Å². The summed E-state index contributed by atoms with van der Waals surface area (Å²) in [4.78, 5) is 29.0. The molecule has 154 valence electrons. The predicted octanol–water partition coefficient (Wildman–Crippen LogP) is 3.85. The largest absolute Gasteiger partial charge is 0.484 e. The Morgan fingerprint density at radius 1 is 1.17 bits per heavy atom. The number of aromatic nitrogens is 1. The van der Waals surface area contributed by atoms with Crippen molar-refractivity contribution < 1.29 is 14.3 Å². The van der Waals surface area contributed by atoms with E-state index < -0.39 is 0 Å². The van der Waals surface area contributed by atoms with Gasteiger partial charge in [0, 0.05) is 23.3 Å². The van der Waals surface area contributed by atoms with Gasteiger partial charge in [-0.05, 0) is 57.9 Å². The molecule has 2 amide bonds. The van der Waals surface area contributed by atoms with E-state index in [9.17, 15) is 9.59 Å². The average Bonchev–Trinajstić information content (AvgIpc) is 2.61. The van der Waals surface area contributed by atoms with Crippen LogP contribution in [0.1, 0.15) is 41.5 Å². The van der Waals surface area contributed by atoms with Crippen LogP contribution in [0.25, 0.3) is 0 Å². The summed E-state index contributed by atoms with van der Waals surface area (Å²) in [5, 5.41) is 6.76. The van der Waals surface area contributed by atoms with E-state index in [4.69, 9.17) is 27.9 Å². The maximum Gasteiger partial charge on any atom is 0.258 e. The molecule has 0 aliphatic heterocycles. The summed E-state index contributed by atoms with van der Waals surface area (Å²) in [7, 11) is 0. The van der Waals surface area contributed by atoms with Crippen molar-refractivity contribution in [2.45, 2.75) is 45.2 Å². The average molecular weight is 436 g/mol. The van der Waals surface area contributed by atoms with Crippen LogP contribution >= 0.6 is 23.2 Å². The lowest BCUT2D eigenvalue weighted by atomic mass is 9.74. The molecule has 0 saturated heterocycles. The number of carbonyl (C=O) groups is 2. The standard InChI is InChI=1S/C21H23Cl2N3O3/c1-12-4-6-16(13(2)24-12)20(28)25-14-9-21(3,10-14)26-19(27)11-29-15-5-7-17(22)18(23)8-15/h4-8,14H,9-11H2,1-3H3,(H,25,28)(H,26,27). The molecular formula is C21H23Cl2N3O3. The molecule has 0 radical (unpaired) electrons. The zero-order valence-corrected chi connectivity index (χ0v) is 18.0. The topological polar surface area (TPSA) is 80.3 Å². The van der Waals surface area contributed by atoms with Crippen LogP contribution in [0.3, 0.4) is 0 Å². The zero-order valence-electron chi connectivity index (χ0n) is 16.5. The Hall–Kier alpha value is -2.31. The maximum atomic E-state index is 12.4. The molecule has 1 fully saturated rings. The molecule has 0 unspecified atom stereocenters. The van der Waals surface area contributed by atoms with Gasteiger partial charge in [0.25, 0.3) is 11.8 Å². The first-order valence-electron chi connectivity index (χ1n) is 9.29. The number of amides is 2. The summed E-state index contributed by atoms with van der Waals surface area (Å²) in [6, 6.07) is 8.44. The number of hydrogen-bond donors (Lipinski definition) is 2. The molecular weight excluding hydrogens is 413 g/mol. The maximum absolute atomic E-state index is 12.4. The Bertz CT molecular complexity index is 943. The lowest BCUT2D eigenvalue weighted by Gasteiger charge is -2.45. The van der Waals surface area contributed by atoms with E-state index in [1.54, 1.807) is 24.3 Å². The van der Waals surface area contributed by atoms with E-state index in [1.807, 2.05) is 26.8 Å². The van der Waals surface area contributed by atoms with Crippen molar-refractivity contribution in [3.05, 3.63) is 57.3 Å². The highest BCUT2D eigenvalue weighted by molar-refractivity contribution is 6.42. The van der Waals surface area contributed by atoms with Gasteiger partial charge in [-0.25, -0.2) is 0 Å². The van der Waals surface area contributed by atoms with E-state index in [-0.39, 0.29) is 30.0 Å². The smallest absolute Gasteiger partial charge is 0.258 e. The number of pyridine rings is 1. The SMILES string of the molecule is Cc1ccc(C(=O)NC2CC(C)(NC(=O)COc3ccc(Cl)c(Cl)c3)C2)c(C)n1. The Labute approximate surface area is 179 Å². The fourth-order valence-electron chi connectivity index (χ4n) is 3.51. The van der Waals surface area contributed by atoms with Crippen molar-refractivity contribution in [2.24, 2.45) is 0 Å². The summed E-state index contributed by atoms with van der Waals surface area (Å²) < 4.78 is 5.46. The minimum Gasteiger partial charge on any atom is -0.484 e. The normalized spacial score (nSPS) is 20.5. The van der Waals surface area contributed by atoms with E-state index in [0.29, 0.717) is 39.9 Å². The zero-order chi connectivity index (χ0) is 21.2. The second kappa shape index (κ2) is 8.59. The monoisotopic (exact) mass is 435 g/mol. The number of hydrogen-bond acceptors (Lipinski definition) is 4. The van der Waals surface area contributed by atoms with Crippen molar-refractivity contribution in [1.82, 2.24) is 15.6 Å². The second-order valence-corrected chi connectivity index (χ2v) is 8.45. The lowest BCUT2D eigenvalue weighted by Crippen LogP contribution is -2.62. The van der Waals surface area contributed by atoms with Gasteiger partial charge in [0.15, 0.2) is 6.61 Å². The number of halogens is 2. The number of nitrogens with zero attached hydrogens (tertiary/aromatic N) is 1. The van der Waals surface area contributed by atoms with Crippen molar-refractivity contribution >= 4 is 35.0 Å². The molecule has 1 aromatic carbocycles. The van der Waals surface area contributed by atoms with Crippen molar-refractivity contribution in [3.63, 3.8) is 0 Å². The Morgan fingerprint density at radius 3 is 2.55 bits per heavy atom. The van der Waals surface area contributed by atoms with Gasteiger partial charge >= 0.3 is 0 Å². The number of aryl methyl sites for hydroxylation is 2. The summed E-state index contributed by atoms with van der Waals surface area (Å²) in [6.45, 7) is 5.53. The minimum absolute atomic E-state index is 0.00416. The van der Waals surface area contributed by atoms with E-state index in [1.165, 1.54) is 0 Å². The van der Waals surface area contributed by atoms with Gasteiger partial charge in [-0.3, -0.25) is 14.6 Å². The van der Waals surface area contributed by atoms with E-state index in [2.05, 4.69) is 15.6 Å². The number of ether oxygens (including phenoxy) is 1. The van der Waals surface area contributed by atoms with Gasteiger partial charge in [-0.15, -0.1) is 0 Å². The molecule has 3 rings (SSSR count). The van der Waals surface area contributed by atoms with Crippen molar-refractivity contribution in [1.29, 1.82) is 0 Å². The lowest BCUT2D eigenvalue weighted by molar-refractivity contribution is -0.126. The first kappa shape index (κ1) is 21.4. The van der Waals surface area contributed by atoms with Crippen LogP contribution in [0.5, 0.6) is 5.75 Å². The number of nitrogens with one attached hydrogen (secondary N) is 2. The molecule has 29 heavy (non-hydrogen) atoms. The molecule has 0 bridgehead atoms. The number of carbonyl (C=O) groups excluding carboxylic acids is 2. The third-order valence-corrected chi connectivity index (χ3v) is 5.64. The number of rotatable bonds is 6. The van der Waals surface area contributed by atoms with Crippen LogP contribution in [-0.2, 0) is 4.79 Å². The fraction of sp³-hybridized carbons (Fsp3) is 0.381. The van der Waals surface area contributed by atoms with Gasteiger partial charge in [0.1, 0.15) is 5.75 Å². The Morgan fingerprint density at radius 2 is 1.90 bits per heavy atom. The van der Waals surface area contributed by atoms with Crippen LogP contribution in [0.15, 0.2) is 30.3 Å². The summed E-state index contributed by atoms with van der Waals surface area (Å²) in [6.07, 6.45) is 1.30. The van der Waals surface area contributed by atoms with Crippen molar-refractivity contribution in [2.75, 3.05) is 6.61 Å². The molecule has 1 aromatic heterocycles. The van der Waals surface area contributed by atoms with Crippen LogP contribution in [0.2, 0.25) is 10.0 Å². The number of benzene rings is 1. The first-order chi connectivity index (χ1) is 13.6. The van der Waals surface area contributed by atoms with Gasteiger partial charge < -0.3 is 15.4 Å². The minimum atomic E-state index is -0.378. The Kier molecular flexibility index (Phi) is 6.34. The van der Waals surface area contributed by atoms with Crippen LogP contribution in [-0.4, -0.2) is 35.0 Å². The molecule has 8 heteroatoms. The van der Waals surface area contributed by atoms with Crippen molar-refractivity contribution in [3.8, 4) is 5.75 Å². The summed E-state index contributed by atoms with van der Waals surface area (Å²) in [5.41, 5.74) is 1.78. The first-order valence-corrected chi connectivity index (χ1v) is 10.0. The summed E-state index contributed by atoms with van der Waals surface area (Å²) >= 11 is 11.8. The fourth-order valence-corrected chi connectivity index (χ4v) is 3.80. The molecule has 1 aliphatic carbocycles.